The molecule has 0 aliphatic heterocycles. The summed E-state index contributed by atoms with van der Waals surface area (Å²) in [6.45, 7) is 5.03. The van der Waals surface area contributed by atoms with Crippen molar-refractivity contribution in [1.29, 1.82) is 0 Å². The number of hydrogen-bond acceptors (Lipinski definition) is 3. The number of nitrogens with one attached hydrogen (secondary N) is 1. The Hall–Kier alpha value is -0.540. The van der Waals surface area contributed by atoms with Gasteiger partial charge in [0, 0.05) is 13.1 Å². The van der Waals surface area contributed by atoms with Crippen LogP contribution >= 0.6 is 0 Å². The fourth-order valence-corrected chi connectivity index (χ4v) is 0.335. The zero-order chi connectivity index (χ0) is 6.41. The van der Waals surface area contributed by atoms with E-state index < -0.39 is 0 Å². The molecule has 3 nitrogen and oxygen atoms in total. The van der Waals surface area contributed by atoms with Crippen molar-refractivity contribution in [2.24, 2.45) is 5.73 Å². The molecule has 4 N–H and O–H groups in total. The third-order valence-electron chi connectivity index (χ3n) is 0.650. The maximum absolute atomic E-state index is 8.48. The van der Waals surface area contributed by atoms with Gasteiger partial charge in [0.05, 0.1) is 12.3 Å². The average Bonchev–Trinajstić information content (AvgIpc) is 1.66. The molecule has 0 radical (unpaired) electrons. The second-order valence-corrected chi connectivity index (χ2v) is 1.53. The molecule has 0 aliphatic carbocycles. The van der Waals surface area contributed by atoms with Gasteiger partial charge in [-0.05, 0) is 0 Å². The summed E-state index contributed by atoms with van der Waals surface area (Å²) in [5.74, 6) is 0.151. The Morgan fingerprint density at radius 1 is 1.75 bits per heavy atom. The highest BCUT2D eigenvalue weighted by Gasteiger charge is 1.84. The fourth-order valence-electron chi connectivity index (χ4n) is 0.335. The molecule has 0 aromatic heterocycles. The third kappa shape index (κ3) is 5.46. The molecular weight excluding hydrogens is 104 g/mol. The Bertz CT molecular complexity index is 72.8. The first kappa shape index (κ1) is 7.46. The predicted octanol–water partition coefficient (Wildman–Crippen LogP) is -0.394. The zero-order valence-corrected chi connectivity index (χ0v) is 4.85. The number of aliphatic hydroxyl groups is 1. The van der Waals surface area contributed by atoms with Gasteiger partial charge in [0.15, 0.2) is 0 Å². The topological polar surface area (TPSA) is 58.3 Å². The quantitative estimate of drug-likeness (QED) is 0.346. The molecular formula is C5H12N2O. The summed E-state index contributed by atoms with van der Waals surface area (Å²) in [6.07, 6.45) is 0. The van der Waals surface area contributed by atoms with E-state index >= 15 is 0 Å². The molecule has 8 heavy (non-hydrogen) atoms. The van der Waals surface area contributed by atoms with Gasteiger partial charge in [-0.2, -0.15) is 0 Å². The number of nitrogens with two attached hydrogens (primary N) is 1. The minimum atomic E-state index is 0.151. The molecule has 0 rings (SSSR count). The Morgan fingerprint density at radius 3 is 2.75 bits per heavy atom. The lowest BCUT2D eigenvalue weighted by molar-refractivity contribution is 0.392. The summed E-state index contributed by atoms with van der Waals surface area (Å²) in [5, 5.41) is 11.3. The first-order valence-corrected chi connectivity index (χ1v) is 2.55. The Balaban J connectivity index is 2.82. The van der Waals surface area contributed by atoms with Gasteiger partial charge < -0.3 is 16.2 Å². The van der Waals surface area contributed by atoms with Crippen LogP contribution in [0.25, 0.3) is 0 Å². The number of rotatable bonds is 4. The molecule has 0 aromatic carbocycles. The third-order valence-corrected chi connectivity index (χ3v) is 0.650. The molecule has 3 heteroatoms. The molecule has 0 aliphatic rings. The first-order chi connectivity index (χ1) is 3.77. The highest BCUT2D eigenvalue weighted by Crippen LogP contribution is 1.73. The molecule has 0 bridgehead atoms. The summed E-state index contributed by atoms with van der Waals surface area (Å²) in [5.41, 5.74) is 5.14. The zero-order valence-electron chi connectivity index (χ0n) is 4.85. The van der Waals surface area contributed by atoms with E-state index in [2.05, 4.69) is 11.9 Å². The van der Waals surface area contributed by atoms with E-state index in [0.29, 0.717) is 13.1 Å². The summed E-state index contributed by atoms with van der Waals surface area (Å²) >= 11 is 0. The van der Waals surface area contributed by atoms with Crippen LogP contribution in [-0.4, -0.2) is 24.7 Å². The van der Waals surface area contributed by atoms with Gasteiger partial charge in [0.2, 0.25) is 0 Å². The molecule has 0 spiro atoms. The fraction of sp³-hybridized carbons (Fsp3) is 0.600. The van der Waals surface area contributed by atoms with Crippen LogP contribution in [0.1, 0.15) is 0 Å². The van der Waals surface area contributed by atoms with Gasteiger partial charge in [-0.3, -0.25) is 0 Å². The summed E-state index contributed by atoms with van der Waals surface area (Å²) in [4.78, 5) is 0. The van der Waals surface area contributed by atoms with Crippen LogP contribution in [0.5, 0.6) is 0 Å². The lowest BCUT2D eigenvalue weighted by atomic mass is 10.5. The van der Waals surface area contributed by atoms with Crippen molar-refractivity contribution in [2.45, 2.75) is 0 Å². The normalized spacial score (nSPS) is 9.12. The van der Waals surface area contributed by atoms with Crippen LogP contribution in [0.2, 0.25) is 0 Å². The van der Waals surface area contributed by atoms with E-state index in [4.69, 9.17) is 10.8 Å². The van der Waals surface area contributed by atoms with Crippen LogP contribution in [0.4, 0.5) is 0 Å². The van der Waals surface area contributed by atoms with Crippen LogP contribution in [0, 0.1) is 0 Å². The van der Waals surface area contributed by atoms with E-state index in [9.17, 15) is 0 Å². The molecule has 0 fully saturated rings. The second kappa shape index (κ2) is 4.61. The smallest absolute Gasteiger partial charge is 0.0988 e. The second-order valence-electron chi connectivity index (χ2n) is 1.53. The van der Waals surface area contributed by atoms with Gasteiger partial charge in [0.25, 0.3) is 0 Å². The van der Waals surface area contributed by atoms with Crippen molar-refractivity contribution in [2.75, 3.05) is 19.6 Å². The van der Waals surface area contributed by atoms with Crippen molar-refractivity contribution >= 4 is 0 Å². The predicted molar refractivity (Wildman–Crippen MR) is 33.7 cm³/mol. The minimum absolute atomic E-state index is 0.151. The van der Waals surface area contributed by atoms with Crippen molar-refractivity contribution in [1.82, 2.24) is 5.32 Å². The molecule has 0 atom stereocenters. The van der Waals surface area contributed by atoms with Gasteiger partial charge >= 0.3 is 0 Å². The molecule has 0 aromatic rings. The van der Waals surface area contributed by atoms with Crippen molar-refractivity contribution in [3.8, 4) is 0 Å². The highest BCUT2D eigenvalue weighted by atomic mass is 16.3. The molecule has 0 unspecified atom stereocenters. The Morgan fingerprint density at radius 2 is 2.38 bits per heavy atom. The first-order valence-electron chi connectivity index (χ1n) is 2.55. The lowest BCUT2D eigenvalue weighted by Crippen LogP contribution is -2.24. The summed E-state index contributed by atoms with van der Waals surface area (Å²) < 4.78 is 0. The van der Waals surface area contributed by atoms with Gasteiger partial charge in [-0.15, -0.1) is 0 Å². The molecule has 48 valence electrons. The van der Waals surface area contributed by atoms with Crippen LogP contribution in [0.3, 0.4) is 0 Å². The van der Waals surface area contributed by atoms with E-state index in [0.717, 1.165) is 6.54 Å². The van der Waals surface area contributed by atoms with E-state index in [1.807, 2.05) is 0 Å². The van der Waals surface area contributed by atoms with Crippen molar-refractivity contribution in [3.63, 3.8) is 0 Å². The summed E-state index contributed by atoms with van der Waals surface area (Å²) in [7, 11) is 0. The van der Waals surface area contributed by atoms with Gasteiger partial charge in [-0.1, -0.05) is 6.58 Å². The van der Waals surface area contributed by atoms with Crippen LogP contribution < -0.4 is 11.1 Å². The van der Waals surface area contributed by atoms with Crippen molar-refractivity contribution < 1.29 is 5.11 Å². The maximum Gasteiger partial charge on any atom is 0.0988 e. The highest BCUT2D eigenvalue weighted by molar-refractivity contribution is 4.81. The monoisotopic (exact) mass is 116 g/mol. The number of hydrogen-bond donors (Lipinski definition) is 3. The molecule has 0 saturated heterocycles. The van der Waals surface area contributed by atoms with Crippen LogP contribution in [-0.2, 0) is 0 Å². The van der Waals surface area contributed by atoms with Gasteiger partial charge in [-0.25, -0.2) is 0 Å². The average molecular weight is 116 g/mol. The maximum atomic E-state index is 8.48. The Labute approximate surface area is 49.2 Å². The standard InChI is InChI=1S/C5H12N2O/c1-5(8)4-7-3-2-6/h7-8H,1-4,6H2. The molecule has 0 amide bonds. The van der Waals surface area contributed by atoms with Crippen LogP contribution in [0.15, 0.2) is 12.3 Å². The summed E-state index contributed by atoms with van der Waals surface area (Å²) in [6, 6.07) is 0. The largest absolute Gasteiger partial charge is 0.512 e. The van der Waals surface area contributed by atoms with E-state index in [1.54, 1.807) is 0 Å². The molecule has 0 heterocycles. The van der Waals surface area contributed by atoms with E-state index in [-0.39, 0.29) is 5.76 Å². The number of aliphatic hydroxyl groups excluding tert-OH is 1. The van der Waals surface area contributed by atoms with Crippen molar-refractivity contribution in [3.05, 3.63) is 12.3 Å². The Kier molecular flexibility index (Phi) is 4.30. The molecule has 0 saturated carbocycles. The van der Waals surface area contributed by atoms with Gasteiger partial charge in [0.1, 0.15) is 0 Å². The lowest BCUT2D eigenvalue weighted by Gasteiger charge is -1.98. The SMILES string of the molecule is C=C(O)CNCCN. The minimum Gasteiger partial charge on any atom is -0.512 e. The van der Waals surface area contributed by atoms with E-state index in [1.165, 1.54) is 0 Å².